The number of hydrogen-bond acceptors (Lipinski definition) is 3. The van der Waals surface area contributed by atoms with Crippen LogP contribution in [0.2, 0.25) is 0 Å². The van der Waals surface area contributed by atoms with E-state index in [4.69, 9.17) is 9.16 Å². The molecule has 0 heterocycles. The van der Waals surface area contributed by atoms with Gasteiger partial charge in [-0.15, -0.1) is 0 Å². The first-order valence-corrected chi connectivity index (χ1v) is 6.46. The average molecular weight is 212 g/mol. The van der Waals surface area contributed by atoms with Gasteiger partial charge in [0, 0.05) is 13.2 Å². The van der Waals surface area contributed by atoms with Gasteiger partial charge >= 0.3 is 9.28 Å². The van der Waals surface area contributed by atoms with Gasteiger partial charge in [0.05, 0.1) is 13.2 Å². The van der Waals surface area contributed by atoms with E-state index in [9.17, 15) is 4.80 Å². The monoisotopic (exact) mass is 212 g/mol. The zero-order chi connectivity index (χ0) is 10.2. The molecule has 14 heavy (non-hydrogen) atoms. The van der Waals surface area contributed by atoms with Crippen LogP contribution >= 0.6 is 0 Å². The van der Waals surface area contributed by atoms with Gasteiger partial charge in [-0.1, -0.05) is 30.3 Å². The van der Waals surface area contributed by atoms with Crippen molar-refractivity contribution in [2.75, 3.05) is 20.3 Å². The number of rotatable bonds is 6. The van der Waals surface area contributed by atoms with Gasteiger partial charge in [-0.3, -0.25) is 0 Å². The molecule has 0 radical (unpaired) electrons. The molecule has 1 atom stereocenters. The fraction of sp³-hybridized carbons (Fsp3) is 0.400. The first-order valence-electron chi connectivity index (χ1n) is 4.65. The van der Waals surface area contributed by atoms with Crippen LogP contribution in [0.25, 0.3) is 0 Å². The topological polar surface area (TPSA) is 38.7 Å². The molecule has 0 aliphatic heterocycles. The molecule has 1 aromatic rings. The van der Waals surface area contributed by atoms with Gasteiger partial charge in [-0.05, 0) is 5.56 Å². The lowest BCUT2D eigenvalue weighted by Gasteiger charge is -2.09. The summed E-state index contributed by atoms with van der Waals surface area (Å²) in [6, 6.07) is 10.5. The van der Waals surface area contributed by atoms with Crippen molar-refractivity contribution >= 4 is 9.28 Å². The highest BCUT2D eigenvalue weighted by Crippen LogP contribution is 2.01. The molecular weight excluding hydrogens is 196 g/mol. The van der Waals surface area contributed by atoms with Crippen molar-refractivity contribution in [1.29, 1.82) is 0 Å². The Morgan fingerprint density at radius 2 is 1.93 bits per heavy atom. The van der Waals surface area contributed by atoms with Crippen LogP contribution in [0.15, 0.2) is 30.3 Å². The maximum atomic E-state index is 9.59. The summed E-state index contributed by atoms with van der Waals surface area (Å²) in [5.41, 5.74) is 1.13. The van der Waals surface area contributed by atoms with E-state index in [0.29, 0.717) is 19.3 Å². The lowest BCUT2D eigenvalue weighted by Crippen LogP contribution is -2.23. The Bertz CT molecular complexity index is 240. The molecule has 0 spiro atoms. The van der Waals surface area contributed by atoms with E-state index < -0.39 is 9.28 Å². The van der Waals surface area contributed by atoms with Crippen LogP contribution in [-0.2, 0) is 15.2 Å². The second-order valence-corrected chi connectivity index (χ2v) is 4.66. The SMILES string of the molecule is COCCO[SiH](O)Cc1ccccc1. The molecule has 1 aromatic carbocycles. The molecular formula is C10H16O3Si. The van der Waals surface area contributed by atoms with E-state index in [1.54, 1.807) is 7.11 Å². The highest BCUT2D eigenvalue weighted by molar-refractivity contribution is 6.42. The summed E-state index contributed by atoms with van der Waals surface area (Å²) < 4.78 is 10.1. The summed E-state index contributed by atoms with van der Waals surface area (Å²) in [7, 11) is -0.421. The summed E-state index contributed by atoms with van der Waals surface area (Å²) >= 11 is 0. The minimum Gasteiger partial charge on any atom is -0.413 e. The van der Waals surface area contributed by atoms with Crippen LogP contribution in [0, 0.1) is 0 Å². The quantitative estimate of drug-likeness (QED) is 0.556. The summed E-state index contributed by atoms with van der Waals surface area (Å²) in [5, 5.41) is 0. The Morgan fingerprint density at radius 3 is 2.57 bits per heavy atom. The van der Waals surface area contributed by atoms with Crippen molar-refractivity contribution in [3.8, 4) is 0 Å². The predicted molar refractivity (Wildman–Crippen MR) is 57.3 cm³/mol. The van der Waals surface area contributed by atoms with Crippen LogP contribution in [0.4, 0.5) is 0 Å². The number of hydrogen-bond donors (Lipinski definition) is 1. The molecule has 3 nitrogen and oxygen atoms in total. The molecule has 0 aromatic heterocycles. The van der Waals surface area contributed by atoms with Crippen LogP contribution in [0.1, 0.15) is 5.56 Å². The number of ether oxygens (including phenoxy) is 1. The summed E-state index contributed by atoms with van der Waals surface area (Å²) in [4.78, 5) is 9.59. The van der Waals surface area contributed by atoms with Crippen LogP contribution < -0.4 is 0 Å². The van der Waals surface area contributed by atoms with Crippen molar-refractivity contribution in [3.63, 3.8) is 0 Å². The molecule has 0 bridgehead atoms. The van der Waals surface area contributed by atoms with Crippen LogP contribution in [-0.4, -0.2) is 34.4 Å². The maximum absolute atomic E-state index is 9.59. The van der Waals surface area contributed by atoms with Crippen molar-refractivity contribution in [2.45, 2.75) is 6.04 Å². The molecule has 1 N–H and O–H groups in total. The lowest BCUT2D eigenvalue weighted by atomic mass is 10.2. The third-order valence-electron chi connectivity index (χ3n) is 1.85. The summed E-state index contributed by atoms with van der Waals surface area (Å²) in [6.07, 6.45) is 0. The Hall–Kier alpha value is -0.683. The zero-order valence-electron chi connectivity index (χ0n) is 8.35. The fourth-order valence-corrected chi connectivity index (χ4v) is 2.30. The van der Waals surface area contributed by atoms with E-state index >= 15 is 0 Å². The van der Waals surface area contributed by atoms with Gasteiger partial charge in [0.15, 0.2) is 0 Å². The van der Waals surface area contributed by atoms with Crippen LogP contribution in [0.3, 0.4) is 0 Å². The van der Waals surface area contributed by atoms with Crippen molar-refractivity contribution in [3.05, 3.63) is 35.9 Å². The normalized spacial score (nSPS) is 12.7. The largest absolute Gasteiger partial charge is 0.413 e. The highest BCUT2D eigenvalue weighted by Gasteiger charge is 2.08. The minimum absolute atomic E-state index is 0.483. The van der Waals surface area contributed by atoms with E-state index in [2.05, 4.69) is 0 Å². The third-order valence-corrected chi connectivity index (χ3v) is 3.29. The highest BCUT2D eigenvalue weighted by atomic mass is 28.3. The van der Waals surface area contributed by atoms with E-state index in [0.717, 1.165) is 5.56 Å². The fourth-order valence-electron chi connectivity index (χ4n) is 1.14. The zero-order valence-corrected chi connectivity index (χ0v) is 9.50. The van der Waals surface area contributed by atoms with E-state index in [-0.39, 0.29) is 0 Å². The third kappa shape index (κ3) is 4.52. The van der Waals surface area contributed by atoms with E-state index in [1.807, 2.05) is 30.3 Å². The first-order chi connectivity index (χ1) is 6.83. The molecule has 0 saturated heterocycles. The molecule has 4 heteroatoms. The Kier molecular flexibility index (Phi) is 5.47. The van der Waals surface area contributed by atoms with Gasteiger partial charge in [-0.2, -0.15) is 0 Å². The van der Waals surface area contributed by atoms with Crippen molar-refractivity contribution in [1.82, 2.24) is 0 Å². The van der Waals surface area contributed by atoms with Gasteiger partial charge in [0.1, 0.15) is 0 Å². The molecule has 0 fully saturated rings. The first kappa shape index (κ1) is 11.4. The standard InChI is InChI=1S/C10H16O3Si/c1-12-7-8-13-14(11)9-10-5-3-2-4-6-10/h2-6,11,14H,7-9H2,1H3. The lowest BCUT2D eigenvalue weighted by molar-refractivity contribution is 0.133. The second kappa shape index (κ2) is 6.72. The summed E-state index contributed by atoms with van der Waals surface area (Å²) in [5.74, 6) is 0. The Balaban J connectivity index is 2.23. The minimum atomic E-state index is -2.04. The maximum Gasteiger partial charge on any atom is 0.323 e. The second-order valence-electron chi connectivity index (χ2n) is 3.01. The molecule has 1 unspecified atom stereocenters. The van der Waals surface area contributed by atoms with Gasteiger partial charge < -0.3 is 14.0 Å². The molecule has 0 saturated carbocycles. The molecule has 0 amide bonds. The predicted octanol–water partition coefficient (Wildman–Crippen LogP) is 0.644. The summed E-state index contributed by atoms with van der Waals surface area (Å²) in [6.45, 7) is 1.02. The van der Waals surface area contributed by atoms with E-state index in [1.165, 1.54) is 0 Å². The number of benzene rings is 1. The number of methoxy groups -OCH3 is 1. The Labute approximate surface area is 86.1 Å². The molecule has 78 valence electrons. The van der Waals surface area contributed by atoms with Crippen molar-refractivity contribution < 1.29 is 14.0 Å². The van der Waals surface area contributed by atoms with Gasteiger partial charge in [-0.25, -0.2) is 0 Å². The Morgan fingerprint density at radius 1 is 1.21 bits per heavy atom. The van der Waals surface area contributed by atoms with Gasteiger partial charge in [0.25, 0.3) is 0 Å². The average Bonchev–Trinajstić information content (AvgIpc) is 2.20. The molecule has 0 aliphatic carbocycles. The van der Waals surface area contributed by atoms with Crippen molar-refractivity contribution in [2.24, 2.45) is 0 Å². The van der Waals surface area contributed by atoms with Gasteiger partial charge in [0.2, 0.25) is 0 Å². The molecule has 1 rings (SSSR count). The smallest absolute Gasteiger partial charge is 0.323 e. The van der Waals surface area contributed by atoms with Crippen LogP contribution in [0.5, 0.6) is 0 Å². The molecule has 0 aliphatic rings.